The topological polar surface area (TPSA) is 37.3 Å². The van der Waals surface area contributed by atoms with E-state index < -0.39 is 5.60 Å². The minimum Gasteiger partial charge on any atom is -0.385 e. The zero-order valence-electron chi connectivity index (χ0n) is 13.9. The molecule has 0 aromatic heterocycles. The summed E-state index contributed by atoms with van der Waals surface area (Å²) in [6, 6.07) is 0. The van der Waals surface area contributed by atoms with Gasteiger partial charge in [0, 0.05) is 11.8 Å². The van der Waals surface area contributed by atoms with Crippen molar-refractivity contribution in [1.29, 1.82) is 0 Å². The van der Waals surface area contributed by atoms with Crippen LogP contribution in [0.1, 0.15) is 58.3 Å². The smallest absolute Gasteiger partial charge is 0.155 e. The van der Waals surface area contributed by atoms with Crippen molar-refractivity contribution in [2.24, 2.45) is 29.1 Å². The predicted octanol–water partition coefficient (Wildman–Crippen LogP) is 4.81. The van der Waals surface area contributed by atoms with Crippen LogP contribution in [0, 0.1) is 29.1 Å². The molecule has 1 N–H and O–H groups in total. The molecule has 6 atom stereocenters. The zero-order valence-corrected chi connectivity index (χ0v) is 16.1. The van der Waals surface area contributed by atoms with E-state index in [2.05, 4.69) is 35.6 Å². The minimum atomic E-state index is -0.609. The van der Waals surface area contributed by atoms with Gasteiger partial charge in [-0.05, 0) is 84.9 Å². The van der Waals surface area contributed by atoms with Crippen LogP contribution in [-0.4, -0.2) is 16.5 Å². The number of halogens is 1. The largest absolute Gasteiger partial charge is 0.385 e. The highest BCUT2D eigenvalue weighted by molar-refractivity contribution is 14.1. The number of fused-ring (bicyclic) bond motifs is 5. The number of allylic oxidation sites excluding steroid dienone is 1. The molecule has 3 saturated carbocycles. The molecule has 0 bridgehead atoms. The SMILES string of the molecule is CC12CCC3C4CCC(=O)C=C4CCC3C1CC[C@@]2(O)/C=C/I. The summed E-state index contributed by atoms with van der Waals surface area (Å²) in [7, 11) is 0. The Kier molecular flexibility index (Phi) is 4.03. The Bertz CT molecular complexity index is 580. The molecule has 0 aromatic carbocycles. The zero-order chi connectivity index (χ0) is 16.2. The number of carbonyl (C=O) groups excluding carboxylic acids is 1. The molecule has 0 amide bonds. The maximum atomic E-state index is 11.8. The monoisotopic (exact) mass is 426 g/mol. The van der Waals surface area contributed by atoms with Crippen LogP contribution in [0.25, 0.3) is 0 Å². The lowest BCUT2D eigenvalue weighted by Crippen LogP contribution is -2.51. The van der Waals surface area contributed by atoms with Gasteiger partial charge < -0.3 is 5.11 Å². The fraction of sp³-hybridized carbons (Fsp3) is 0.750. The van der Waals surface area contributed by atoms with E-state index in [4.69, 9.17) is 0 Å². The maximum absolute atomic E-state index is 11.8. The van der Waals surface area contributed by atoms with Crippen LogP contribution in [0.5, 0.6) is 0 Å². The summed E-state index contributed by atoms with van der Waals surface area (Å²) < 4.78 is 2.01. The van der Waals surface area contributed by atoms with Gasteiger partial charge in [0.1, 0.15) is 0 Å². The third kappa shape index (κ3) is 2.32. The lowest BCUT2D eigenvalue weighted by atomic mass is 9.50. The highest BCUT2D eigenvalue weighted by Gasteiger charge is 2.61. The third-order valence-electron chi connectivity index (χ3n) is 7.85. The van der Waals surface area contributed by atoms with E-state index >= 15 is 0 Å². The molecule has 0 saturated heterocycles. The molecular weight excluding hydrogens is 399 g/mol. The van der Waals surface area contributed by atoms with Crippen molar-refractivity contribution in [3.63, 3.8) is 0 Å². The predicted molar refractivity (Wildman–Crippen MR) is 100 cm³/mol. The van der Waals surface area contributed by atoms with E-state index in [0.717, 1.165) is 43.9 Å². The number of hydrogen-bond acceptors (Lipinski definition) is 2. The third-order valence-corrected chi connectivity index (χ3v) is 8.21. The van der Waals surface area contributed by atoms with Crippen LogP contribution in [0.15, 0.2) is 21.8 Å². The summed E-state index contributed by atoms with van der Waals surface area (Å²) in [5.41, 5.74) is 0.885. The van der Waals surface area contributed by atoms with Gasteiger partial charge >= 0.3 is 0 Å². The number of carbonyl (C=O) groups is 1. The van der Waals surface area contributed by atoms with Crippen molar-refractivity contribution < 1.29 is 9.90 Å². The first kappa shape index (κ1) is 16.3. The first-order chi connectivity index (χ1) is 11.0. The minimum absolute atomic E-state index is 0.0432. The summed E-state index contributed by atoms with van der Waals surface area (Å²) in [4.78, 5) is 11.8. The Morgan fingerprint density at radius 3 is 2.78 bits per heavy atom. The first-order valence-corrected chi connectivity index (χ1v) is 10.5. The van der Waals surface area contributed by atoms with Crippen molar-refractivity contribution in [2.75, 3.05) is 0 Å². The van der Waals surface area contributed by atoms with E-state index in [0.29, 0.717) is 17.6 Å². The van der Waals surface area contributed by atoms with Crippen LogP contribution < -0.4 is 0 Å². The van der Waals surface area contributed by atoms with Gasteiger partial charge in [-0.1, -0.05) is 35.1 Å². The Hall–Kier alpha value is -0.160. The molecule has 4 rings (SSSR count). The van der Waals surface area contributed by atoms with Crippen molar-refractivity contribution in [1.82, 2.24) is 0 Å². The summed E-state index contributed by atoms with van der Waals surface area (Å²) >= 11 is 2.24. The van der Waals surface area contributed by atoms with Crippen molar-refractivity contribution in [2.45, 2.75) is 63.9 Å². The maximum Gasteiger partial charge on any atom is 0.155 e. The average Bonchev–Trinajstić information content (AvgIpc) is 2.79. The fourth-order valence-corrected chi connectivity index (χ4v) is 7.20. The van der Waals surface area contributed by atoms with Crippen molar-refractivity contribution in [3.05, 3.63) is 21.8 Å². The van der Waals surface area contributed by atoms with Crippen LogP contribution in [-0.2, 0) is 4.79 Å². The fourth-order valence-electron chi connectivity index (χ4n) is 6.61. The van der Waals surface area contributed by atoms with Crippen molar-refractivity contribution in [3.8, 4) is 0 Å². The normalized spacial score (nSPS) is 49.5. The Balaban J connectivity index is 1.64. The molecule has 23 heavy (non-hydrogen) atoms. The Labute approximate surface area is 152 Å². The second-order valence-corrected chi connectivity index (χ2v) is 9.23. The summed E-state index contributed by atoms with van der Waals surface area (Å²) in [6.45, 7) is 2.34. The number of ketones is 1. The molecule has 2 nitrogen and oxygen atoms in total. The van der Waals surface area contributed by atoms with Gasteiger partial charge in [-0.3, -0.25) is 4.79 Å². The molecule has 5 unspecified atom stereocenters. The van der Waals surface area contributed by atoms with Gasteiger partial charge in [-0.2, -0.15) is 0 Å². The summed E-state index contributed by atoms with van der Waals surface area (Å²) in [5.74, 6) is 3.16. The van der Waals surface area contributed by atoms with Crippen LogP contribution in [0.3, 0.4) is 0 Å². The molecule has 0 aliphatic heterocycles. The van der Waals surface area contributed by atoms with E-state index in [1.807, 2.05) is 10.2 Å². The number of hydrogen-bond donors (Lipinski definition) is 1. The Morgan fingerprint density at radius 2 is 2.00 bits per heavy atom. The van der Waals surface area contributed by atoms with E-state index in [1.165, 1.54) is 24.8 Å². The molecule has 0 aromatic rings. The van der Waals surface area contributed by atoms with Gasteiger partial charge in [-0.25, -0.2) is 0 Å². The lowest BCUT2D eigenvalue weighted by Gasteiger charge is -2.55. The molecule has 0 heterocycles. The molecule has 4 aliphatic carbocycles. The number of rotatable bonds is 1. The molecular formula is C20H27IO2. The summed E-state index contributed by atoms with van der Waals surface area (Å²) in [5, 5.41) is 11.3. The van der Waals surface area contributed by atoms with Crippen LogP contribution in [0.2, 0.25) is 0 Å². The van der Waals surface area contributed by atoms with E-state index in [1.54, 1.807) is 0 Å². The quantitative estimate of drug-likeness (QED) is 0.612. The Morgan fingerprint density at radius 1 is 1.17 bits per heavy atom. The lowest BCUT2D eigenvalue weighted by molar-refractivity contribution is -0.116. The highest BCUT2D eigenvalue weighted by Crippen LogP contribution is 2.65. The van der Waals surface area contributed by atoms with Gasteiger partial charge in [0.25, 0.3) is 0 Å². The summed E-state index contributed by atoms with van der Waals surface area (Å²) in [6.07, 6.45) is 12.6. The van der Waals surface area contributed by atoms with E-state index in [-0.39, 0.29) is 5.41 Å². The van der Waals surface area contributed by atoms with Crippen LogP contribution >= 0.6 is 22.6 Å². The van der Waals surface area contributed by atoms with Gasteiger partial charge in [0.05, 0.1) is 5.60 Å². The van der Waals surface area contributed by atoms with Gasteiger partial charge in [0.15, 0.2) is 5.78 Å². The molecule has 4 aliphatic rings. The molecule has 0 radical (unpaired) electrons. The second-order valence-electron chi connectivity index (χ2n) is 8.52. The standard InChI is InChI=1S/C20H27IO2/c1-19-8-6-16-15-5-3-14(22)12-13(15)2-4-17(16)18(19)7-9-20(19,23)10-11-21/h10-12,15-18,23H,2-9H2,1H3/b11-10+/t15?,16?,17?,18?,19?,20-/m1/s1. The number of aliphatic hydroxyl groups is 1. The van der Waals surface area contributed by atoms with Crippen LogP contribution in [0.4, 0.5) is 0 Å². The molecule has 126 valence electrons. The average molecular weight is 426 g/mol. The molecule has 0 spiro atoms. The first-order valence-electron chi connectivity index (χ1n) is 9.22. The highest BCUT2D eigenvalue weighted by atomic mass is 127. The van der Waals surface area contributed by atoms with Gasteiger partial charge in [-0.15, -0.1) is 0 Å². The van der Waals surface area contributed by atoms with Gasteiger partial charge in [0.2, 0.25) is 0 Å². The molecule has 3 fully saturated rings. The van der Waals surface area contributed by atoms with E-state index in [9.17, 15) is 9.90 Å². The molecule has 3 heteroatoms. The second kappa shape index (κ2) is 5.69. The van der Waals surface area contributed by atoms with Crippen molar-refractivity contribution >= 4 is 28.4 Å².